The zero-order chi connectivity index (χ0) is 23.8. The van der Waals surface area contributed by atoms with Gasteiger partial charge in [0.05, 0.1) is 5.39 Å². The minimum atomic E-state index is -0.119. The summed E-state index contributed by atoms with van der Waals surface area (Å²) in [5.41, 5.74) is 2.42. The van der Waals surface area contributed by atoms with Gasteiger partial charge in [0, 0.05) is 23.3 Å². The molecule has 1 N–H and O–H groups in total. The van der Waals surface area contributed by atoms with Crippen LogP contribution in [0.15, 0.2) is 114 Å². The summed E-state index contributed by atoms with van der Waals surface area (Å²) in [7, 11) is 0. The van der Waals surface area contributed by atoms with Crippen LogP contribution in [0.25, 0.3) is 44.7 Å². The first-order valence-corrected chi connectivity index (χ1v) is 11.5. The molecular weight excluding hydrogens is 432 g/mol. The molecule has 0 atom stereocenters. The molecule has 0 unspecified atom stereocenters. The number of hydrogen-bond donors (Lipinski definition) is 1. The lowest BCUT2D eigenvalue weighted by Crippen LogP contribution is -2.04. The van der Waals surface area contributed by atoms with E-state index < -0.39 is 0 Å². The fourth-order valence-corrected chi connectivity index (χ4v) is 4.57. The summed E-state index contributed by atoms with van der Waals surface area (Å²) in [6.07, 6.45) is 3.58. The van der Waals surface area contributed by atoms with Gasteiger partial charge in [0.15, 0.2) is 0 Å². The Morgan fingerprint density at radius 2 is 1.31 bits per heavy atom. The Labute approximate surface area is 202 Å². The minimum absolute atomic E-state index is 0.119. The van der Waals surface area contributed by atoms with Crippen molar-refractivity contribution >= 4 is 50.4 Å². The Morgan fingerprint density at radius 1 is 0.657 bits per heavy atom. The molecule has 1 heterocycles. The molecule has 3 heteroatoms. The number of benzene rings is 5. The Kier molecular flexibility index (Phi) is 5.08. The monoisotopic (exact) mass is 453 g/mol. The number of phenols is 1. The molecule has 0 aliphatic carbocycles. The summed E-state index contributed by atoms with van der Waals surface area (Å²) in [4.78, 5) is 13.6. The van der Waals surface area contributed by atoms with Gasteiger partial charge >= 0.3 is 11.3 Å². The Balaban J connectivity index is 1.58. The molecule has 0 fully saturated rings. The first kappa shape index (κ1) is 20.8. The maximum atomic E-state index is 13.6. The van der Waals surface area contributed by atoms with Crippen molar-refractivity contribution in [1.29, 1.82) is 0 Å². The van der Waals surface area contributed by atoms with Crippen LogP contribution in [0.2, 0.25) is 0 Å². The van der Waals surface area contributed by atoms with Crippen LogP contribution >= 0.6 is 0 Å². The SMILES string of the molecule is O=C(c1ccccc1)c1cc2c(ccc3ccccc32)[o+]c1/C=C\c1c(O)ccc2ccccc12. The molecule has 5 aromatic carbocycles. The van der Waals surface area contributed by atoms with Crippen molar-refractivity contribution in [2.24, 2.45) is 0 Å². The van der Waals surface area contributed by atoms with Gasteiger partial charge in [-0.15, -0.1) is 0 Å². The maximum absolute atomic E-state index is 13.6. The number of aromatic hydroxyl groups is 1. The highest BCUT2D eigenvalue weighted by Gasteiger charge is 2.25. The molecule has 0 spiro atoms. The van der Waals surface area contributed by atoms with E-state index in [1.807, 2.05) is 97.1 Å². The summed E-state index contributed by atoms with van der Waals surface area (Å²) in [5, 5.41) is 15.5. The smallest absolute Gasteiger partial charge is 0.364 e. The summed E-state index contributed by atoms with van der Waals surface area (Å²) >= 11 is 0. The zero-order valence-electron chi connectivity index (χ0n) is 18.8. The molecule has 0 radical (unpaired) electrons. The first-order valence-electron chi connectivity index (χ1n) is 11.5. The van der Waals surface area contributed by atoms with Crippen LogP contribution in [-0.2, 0) is 0 Å². The molecule has 6 aromatic rings. The molecule has 0 bridgehead atoms. The number of fused-ring (bicyclic) bond motifs is 4. The number of rotatable bonds is 4. The van der Waals surface area contributed by atoms with Crippen molar-refractivity contribution in [3.05, 3.63) is 132 Å². The van der Waals surface area contributed by atoms with Gasteiger partial charge in [-0.3, -0.25) is 4.79 Å². The highest BCUT2D eigenvalue weighted by Crippen LogP contribution is 2.32. The van der Waals surface area contributed by atoms with E-state index in [4.69, 9.17) is 4.42 Å². The van der Waals surface area contributed by atoms with Crippen LogP contribution in [0.3, 0.4) is 0 Å². The van der Waals surface area contributed by atoms with Crippen molar-refractivity contribution in [1.82, 2.24) is 0 Å². The van der Waals surface area contributed by atoms with Crippen molar-refractivity contribution in [2.75, 3.05) is 0 Å². The molecule has 0 saturated carbocycles. The predicted molar refractivity (Wildman–Crippen MR) is 143 cm³/mol. The van der Waals surface area contributed by atoms with Crippen molar-refractivity contribution in [2.45, 2.75) is 0 Å². The van der Waals surface area contributed by atoms with E-state index in [0.29, 0.717) is 28.0 Å². The van der Waals surface area contributed by atoms with Crippen molar-refractivity contribution in [3.8, 4) is 5.75 Å². The van der Waals surface area contributed by atoms with Crippen LogP contribution in [0, 0.1) is 0 Å². The zero-order valence-corrected chi connectivity index (χ0v) is 18.8. The van der Waals surface area contributed by atoms with E-state index in [0.717, 1.165) is 26.9 Å². The van der Waals surface area contributed by atoms with Crippen LogP contribution in [-0.4, -0.2) is 10.9 Å². The molecular formula is C32H21O3+. The predicted octanol–water partition coefficient (Wildman–Crippen LogP) is 8.13. The van der Waals surface area contributed by atoms with E-state index in [1.165, 1.54) is 0 Å². The van der Waals surface area contributed by atoms with Gasteiger partial charge in [-0.2, -0.15) is 0 Å². The molecule has 1 aromatic heterocycles. The third-order valence-corrected chi connectivity index (χ3v) is 6.33. The molecule has 6 rings (SSSR count). The van der Waals surface area contributed by atoms with Crippen LogP contribution in [0.4, 0.5) is 0 Å². The number of phenolic OH excluding ortho intramolecular Hbond substituents is 1. The minimum Gasteiger partial charge on any atom is -0.507 e. The second-order valence-electron chi connectivity index (χ2n) is 8.47. The number of ketones is 1. The lowest BCUT2D eigenvalue weighted by molar-refractivity contribution is 0.103. The van der Waals surface area contributed by atoms with Crippen LogP contribution in [0.5, 0.6) is 5.75 Å². The van der Waals surface area contributed by atoms with Gasteiger partial charge in [0.1, 0.15) is 11.3 Å². The quantitative estimate of drug-likeness (QED) is 0.167. The summed E-state index contributed by atoms with van der Waals surface area (Å²) in [5.74, 6) is 0.489. The molecule has 0 aliphatic heterocycles. The molecule has 166 valence electrons. The van der Waals surface area contributed by atoms with E-state index in [2.05, 4.69) is 0 Å². The lowest BCUT2D eigenvalue weighted by Gasteiger charge is -2.05. The van der Waals surface area contributed by atoms with Gasteiger partial charge in [-0.25, -0.2) is 4.42 Å². The lowest BCUT2D eigenvalue weighted by atomic mass is 9.98. The second kappa shape index (κ2) is 8.54. The highest BCUT2D eigenvalue weighted by atomic mass is 16.3. The highest BCUT2D eigenvalue weighted by molar-refractivity contribution is 6.15. The van der Waals surface area contributed by atoms with Gasteiger partial charge in [-0.05, 0) is 45.8 Å². The van der Waals surface area contributed by atoms with E-state index >= 15 is 0 Å². The average Bonchev–Trinajstić information content (AvgIpc) is 2.92. The Bertz CT molecular complexity index is 1770. The second-order valence-corrected chi connectivity index (χ2v) is 8.47. The van der Waals surface area contributed by atoms with Crippen molar-refractivity contribution in [3.63, 3.8) is 0 Å². The number of carbonyl (C=O) groups excluding carboxylic acids is 1. The number of hydrogen-bond acceptors (Lipinski definition) is 2. The molecule has 0 amide bonds. The standard InChI is InChI=1S/C32H20O3/c33-29-17-14-21-8-4-6-12-24(21)26(29)16-19-31-28(32(34)23-10-2-1-3-11-23)20-27-25-13-7-5-9-22(25)15-18-30(27)35-31/h1-20H/p+1. The molecule has 0 saturated heterocycles. The van der Waals surface area contributed by atoms with Gasteiger partial charge in [-0.1, -0.05) is 84.9 Å². The summed E-state index contributed by atoms with van der Waals surface area (Å²) in [6, 6.07) is 34.6. The average molecular weight is 454 g/mol. The third-order valence-electron chi connectivity index (χ3n) is 6.33. The van der Waals surface area contributed by atoms with Gasteiger partial charge in [0.25, 0.3) is 0 Å². The Morgan fingerprint density at radius 3 is 2.11 bits per heavy atom. The van der Waals surface area contributed by atoms with Crippen molar-refractivity contribution < 1.29 is 14.3 Å². The molecule has 3 nitrogen and oxygen atoms in total. The van der Waals surface area contributed by atoms with E-state index in [-0.39, 0.29) is 11.5 Å². The summed E-state index contributed by atoms with van der Waals surface area (Å²) < 4.78 is 6.33. The fourth-order valence-electron chi connectivity index (χ4n) is 4.57. The largest absolute Gasteiger partial charge is 0.507 e. The van der Waals surface area contributed by atoms with Crippen LogP contribution in [0.1, 0.15) is 27.2 Å². The van der Waals surface area contributed by atoms with Crippen LogP contribution < -0.4 is 0 Å². The third kappa shape index (κ3) is 3.73. The van der Waals surface area contributed by atoms with Gasteiger partial charge < -0.3 is 5.11 Å². The normalized spacial score (nSPS) is 11.5. The first-order chi connectivity index (χ1) is 17.2. The number of carbonyl (C=O) groups is 1. The molecule has 0 aliphatic rings. The Hall–Kier alpha value is -4.76. The molecule has 35 heavy (non-hydrogen) atoms. The van der Waals surface area contributed by atoms with E-state index in [1.54, 1.807) is 24.3 Å². The topological polar surface area (TPSA) is 48.6 Å². The fraction of sp³-hybridized carbons (Fsp3) is 0. The van der Waals surface area contributed by atoms with Gasteiger partial charge in [0.2, 0.25) is 5.78 Å². The maximum Gasteiger partial charge on any atom is 0.364 e. The van der Waals surface area contributed by atoms with E-state index in [9.17, 15) is 9.90 Å². The summed E-state index contributed by atoms with van der Waals surface area (Å²) in [6.45, 7) is 0.